The Morgan fingerprint density at radius 1 is 1.36 bits per heavy atom. The highest BCUT2D eigenvalue weighted by atomic mass is 35.5. The topological polar surface area (TPSA) is 73.2 Å². The van der Waals surface area contributed by atoms with Crippen LogP contribution in [0.4, 0.5) is 0 Å². The van der Waals surface area contributed by atoms with Crippen molar-refractivity contribution in [2.75, 3.05) is 12.8 Å². The molecule has 1 aromatic carbocycles. The van der Waals surface area contributed by atoms with E-state index in [-0.39, 0.29) is 28.9 Å². The lowest BCUT2D eigenvalue weighted by atomic mass is 9.94. The third kappa shape index (κ3) is 4.04. The van der Waals surface area contributed by atoms with E-state index in [2.05, 4.69) is 5.32 Å². The zero-order valence-corrected chi connectivity index (χ0v) is 16.1. The van der Waals surface area contributed by atoms with Crippen LogP contribution in [0.2, 0.25) is 5.02 Å². The van der Waals surface area contributed by atoms with E-state index in [9.17, 15) is 9.90 Å². The molecule has 3 N–H and O–H groups in total. The number of thioether (sulfide) groups is 1. The van der Waals surface area contributed by atoms with Gasteiger partial charge in [-0.15, -0.1) is 11.8 Å². The molecular formula is C19H23ClN2O2S. The van der Waals surface area contributed by atoms with Crippen LogP contribution in [-0.2, 0) is 0 Å². The van der Waals surface area contributed by atoms with Crippen molar-refractivity contribution < 1.29 is 9.90 Å². The van der Waals surface area contributed by atoms with Crippen molar-refractivity contribution in [1.82, 2.24) is 5.32 Å². The smallest absolute Gasteiger partial charge is 0.200 e. The fraction of sp³-hybridized carbons (Fsp3) is 0.474. The number of carbonyl (C=O) groups is 1. The maximum atomic E-state index is 13.1. The van der Waals surface area contributed by atoms with E-state index in [0.29, 0.717) is 10.6 Å². The largest absolute Gasteiger partial charge is 0.494 e. The number of hydrogen-bond acceptors (Lipinski definition) is 5. The van der Waals surface area contributed by atoms with Gasteiger partial charge in [-0.2, -0.15) is 0 Å². The zero-order chi connectivity index (χ0) is 18.1. The highest BCUT2D eigenvalue weighted by Gasteiger charge is 2.34. The number of carbonyl (C=O) groups excluding carboxylic acids is 1. The van der Waals surface area contributed by atoms with Crippen molar-refractivity contribution in [2.45, 2.75) is 37.5 Å². The van der Waals surface area contributed by atoms with Crippen molar-refractivity contribution in [3.05, 3.63) is 39.7 Å². The highest BCUT2D eigenvalue weighted by molar-refractivity contribution is 7.99. The molecule has 0 unspecified atom stereocenters. The Balaban J connectivity index is 1.94. The Morgan fingerprint density at radius 2 is 2.04 bits per heavy atom. The van der Waals surface area contributed by atoms with Crippen molar-refractivity contribution in [3.63, 3.8) is 0 Å². The lowest BCUT2D eigenvalue weighted by molar-refractivity contribution is 0.103. The van der Waals surface area contributed by atoms with Gasteiger partial charge in [-0.3, -0.25) is 4.79 Å². The van der Waals surface area contributed by atoms with E-state index in [0.717, 1.165) is 35.0 Å². The summed E-state index contributed by atoms with van der Waals surface area (Å²) < 4.78 is 0. The molecule has 0 radical (unpaired) electrons. The Bertz CT molecular complexity index is 752. The van der Waals surface area contributed by atoms with Gasteiger partial charge in [0, 0.05) is 29.2 Å². The van der Waals surface area contributed by atoms with Crippen LogP contribution < -0.4 is 5.32 Å². The molecule has 2 aliphatic carbocycles. The summed E-state index contributed by atoms with van der Waals surface area (Å²) in [7, 11) is 1.55. The first-order chi connectivity index (χ1) is 11.9. The molecule has 0 aromatic heterocycles. The van der Waals surface area contributed by atoms with Gasteiger partial charge in [0.1, 0.15) is 5.57 Å². The monoisotopic (exact) mass is 378 g/mol. The number of ketones is 1. The van der Waals surface area contributed by atoms with Crippen molar-refractivity contribution in [3.8, 4) is 0 Å². The molecule has 0 spiro atoms. The molecule has 1 aromatic rings. The van der Waals surface area contributed by atoms with Crippen molar-refractivity contribution in [2.24, 2.45) is 11.8 Å². The van der Waals surface area contributed by atoms with Gasteiger partial charge in [-0.1, -0.05) is 11.6 Å². The van der Waals surface area contributed by atoms with Gasteiger partial charge in [0.15, 0.2) is 5.88 Å². The molecule has 4 nitrogen and oxygen atoms in total. The standard InChI is InChI=1S/C19H23ClN2O2S/c1-10-13(7-8-14(20)18(10)25-9-11-3-4-11)17(23)15(19(24)22-2)16(21)12-5-6-12/h7-8,11-12,21-22,24H,3-6,9H2,1-2H3/b19-15-,21-16?. The van der Waals surface area contributed by atoms with Gasteiger partial charge in [0.2, 0.25) is 5.78 Å². The van der Waals surface area contributed by atoms with Crippen LogP contribution >= 0.6 is 23.4 Å². The van der Waals surface area contributed by atoms with E-state index >= 15 is 0 Å². The lowest BCUT2D eigenvalue weighted by Crippen LogP contribution is -2.22. The zero-order valence-electron chi connectivity index (χ0n) is 14.5. The molecule has 6 heteroatoms. The molecule has 0 bridgehead atoms. The van der Waals surface area contributed by atoms with Gasteiger partial charge in [0.25, 0.3) is 0 Å². The van der Waals surface area contributed by atoms with Gasteiger partial charge < -0.3 is 15.8 Å². The molecule has 2 aliphatic rings. The molecule has 134 valence electrons. The van der Waals surface area contributed by atoms with Crippen molar-refractivity contribution >= 4 is 34.9 Å². The number of nitrogens with one attached hydrogen (secondary N) is 2. The van der Waals surface area contributed by atoms with Gasteiger partial charge in [-0.05, 0) is 56.2 Å². The van der Waals surface area contributed by atoms with Gasteiger partial charge in [-0.25, -0.2) is 0 Å². The molecule has 0 aliphatic heterocycles. The summed E-state index contributed by atoms with van der Waals surface area (Å²) >= 11 is 8.05. The Morgan fingerprint density at radius 3 is 2.60 bits per heavy atom. The van der Waals surface area contributed by atoms with Crippen LogP contribution in [0.3, 0.4) is 0 Å². The van der Waals surface area contributed by atoms with Crippen LogP contribution in [0.1, 0.15) is 41.6 Å². The number of benzene rings is 1. The minimum Gasteiger partial charge on any atom is -0.494 e. The molecule has 3 rings (SSSR count). The normalized spacial score (nSPS) is 17.9. The van der Waals surface area contributed by atoms with Gasteiger partial charge in [0.05, 0.1) is 10.7 Å². The van der Waals surface area contributed by atoms with E-state index in [4.69, 9.17) is 17.0 Å². The maximum Gasteiger partial charge on any atom is 0.200 e. The van der Waals surface area contributed by atoms with E-state index in [1.165, 1.54) is 12.8 Å². The van der Waals surface area contributed by atoms with Crippen LogP contribution in [-0.4, -0.2) is 29.4 Å². The Kier molecular flexibility index (Phi) is 5.44. The summed E-state index contributed by atoms with van der Waals surface area (Å²) in [5.41, 5.74) is 1.63. The molecule has 2 saturated carbocycles. The third-order valence-electron chi connectivity index (χ3n) is 4.72. The fourth-order valence-corrected chi connectivity index (χ4v) is 4.40. The average molecular weight is 379 g/mol. The molecule has 0 atom stereocenters. The summed E-state index contributed by atoms with van der Waals surface area (Å²) in [4.78, 5) is 14.0. The summed E-state index contributed by atoms with van der Waals surface area (Å²) in [5, 5.41) is 21.7. The summed E-state index contributed by atoms with van der Waals surface area (Å²) in [6.45, 7) is 1.89. The number of allylic oxidation sites excluding steroid dienone is 1. The van der Waals surface area contributed by atoms with Crippen LogP contribution in [0.15, 0.2) is 28.5 Å². The molecule has 0 saturated heterocycles. The summed E-state index contributed by atoms with van der Waals surface area (Å²) in [6.07, 6.45) is 4.33. The number of aliphatic hydroxyl groups is 1. The van der Waals surface area contributed by atoms with Crippen LogP contribution in [0.5, 0.6) is 0 Å². The fourth-order valence-electron chi connectivity index (χ4n) is 2.76. The number of hydrogen-bond donors (Lipinski definition) is 3. The predicted octanol–water partition coefficient (Wildman–Crippen LogP) is 4.75. The van der Waals surface area contributed by atoms with Crippen molar-refractivity contribution in [1.29, 1.82) is 5.41 Å². The van der Waals surface area contributed by atoms with Gasteiger partial charge >= 0.3 is 0 Å². The highest BCUT2D eigenvalue weighted by Crippen LogP contribution is 2.40. The average Bonchev–Trinajstić information content (AvgIpc) is 3.47. The second-order valence-electron chi connectivity index (χ2n) is 6.79. The first-order valence-electron chi connectivity index (χ1n) is 8.60. The number of aliphatic hydroxyl groups excluding tert-OH is 1. The van der Waals surface area contributed by atoms with E-state index in [1.807, 2.05) is 6.92 Å². The predicted molar refractivity (Wildman–Crippen MR) is 103 cm³/mol. The molecule has 0 heterocycles. The number of rotatable bonds is 8. The Labute approximate surface area is 157 Å². The quantitative estimate of drug-likeness (QED) is 0.200. The van der Waals surface area contributed by atoms with Crippen LogP contribution in [0, 0.1) is 24.2 Å². The minimum absolute atomic E-state index is 0.0748. The summed E-state index contributed by atoms with van der Waals surface area (Å²) in [5.74, 6) is 1.30. The number of Topliss-reactive ketones (excluding diaryl/α,β-unsaturated/α-hetero) is 1. The molecule has 0 amide bonds. The molecule has 25 heavy (non-hydrogen) atoms. The van der Waals surface area contributed by atoms with Crippen LogP contribution in [0.25, 0.3) is 0 Å². The number of halogens is 1. The van der Waals surface area contributed by atoms with E-state index in [1.54, 1.807) is 30.9 Å². The summed E-state index contributed by atoms with van der Waals surface area (Å²) in [6, 6.07) is 3.44. The second-order valence-corrected chi connectivity index (χ2v) is 8.23. The second kappa shape index (κ2) is 7.42. The first kappa shape index (κ1) is 18.3. The molecule has 2 fully saturated rings. The lowest BCUT2D eigenvalue weighted by Gasteiger charge is -2.15. The first-order valence-corrected chi connectivity index (χ1v) is 9.96. The SMILES string of the molecule is CN/C(O)=C(\C(=N)C1CC1)C(=O)c1ccc(Cl)c(SCC2CC2)c1C. The molecular weight excluding hydrogens is 356 g/mol. The van der Waals surface area contributed by atoms with E-state index < -0.39 is 0 Å². The maximum absolute atomic E-state index is 13.1. The minimum atomic E-state index is -0.314. The third-order valence-corrected chi connectivity index (χ3v) is 6.60. The Hall–Kier alpha value is -1.46.